The first-order valence-corrected chi connectivity index (χ1v) is 7.52. The Balaban J connectivity index is 2.52. The van der Waals surface area contributed by atoms with E-state index >= 15 is 0 Å². The molecule has 1 atom stereocenters. The summed E-state index contributed by atoms with van der Waals surface area (Å²) in [6.07, 6.45) is 1.35. The van der Waals surface area contributed by atoms with E-state index in [0.717, 1.165) is 17.0 Å². The molecule has 21 heavy (non-hydrogen) atoms. The number of esters is 1. The molecule has 0 aliphatic heterocycles. The van der Waals surface area contributed by atoms with E-state index in [0.29, 0.717) is 12.0 Å². The molecule has 0 heterocycles. The van der Waals surface area contributed by atoms with Crippen molar-refractivity contribution >= 4 is 51.5 Å². The third kappa shape index (κ3) is 3.34. The minimum atomic E-state index is -1.29. The molecule has 0 N–H and O–H groups in total. The van der Waals surface area contributed by atoms with Crippen molar-refractivity contribution in [3.05, 3.63) is 58.8 Å². The zero-order valence-electron chi connectivity index (χ0n) is 11.3. The first kappa shape index (κ1) is 16.2. The number of carbonyl (C=O) groups is 1. The summed E-state index contributed by atoms with van der Waals surface area (Å²) in [6.45, 7) is 1.82. The van der Waals surface area contributed by atoms with Gasteiger partial charge in [0.05, 0.1) is 0 Å². The van der Waals surface area contributed by atoms with Crippen molar-refractivity contribution in [1.29, 1.82) is 0 Å². The van der Waals surface area contributed by atoms with E-state index in [-0.39, 0.29) is 4.49 Å². The average Bonchev–Trinajstić information content (AvgIpc) is 2.51. The summed E-state index contributed by atoms with van der Waals surface area (Å²) < 4.78 is 4.82. The van der Waals surface area contributed by atoms with E-state index in [2.05, 4.69) is 0 Å². The number of ether oxygens (including phenoxy) is 1. The highest BCUT2D eigenvalue weighted by Gasteiger charge is 2.39. The summed E-state index contributed by atoms with van der Waals surface area (Å²) in [7, 11) is 0. The first-order valence-electron chi connectivity index (χ1n) is 6.38. The van der Waals surface area contributed by atoms with Crippen molar-refractivity contribution in [3.8, 4) is 0 Å². The molecule has 0 radical (unpaired) electrons. The molecule has 0 aliphatic carbocycles. The second-order valence-corrected chi connectivity index (χ2v) is 6.15. The predicted molar refractivity (Wildman–Crippen MR) is 87.7 cm³/mol. The summed E-state index contributed by atoms with van der Waals surface area (Å²) >= 11 is 17.5. The Morgan fingerprint density at radius 3 is 2.52 bits per heavy atom. The Kier molecular flexibility index (Phi) is 5.15. The van der Waals surface area contributed by atoms with E-state index in [1.165, 1.54) is 0 Å². The first-order chi connectivity index (χ1) is 9.99. The second kappa shape index (κ2) is 6.69. The van der Waals surface area contributed by atoms with Gasteiger partial charge in [0.2, 0.25) is 0 Å². The number of halogens is 3. The van der Waals surface area contributed by atoms with Crippen molar-refractivity contribution in [2.24, 2.45) is 0 Å². The Bertz CT molecular complexity index is 687. The average molecular weight is 344 g/mol. The van der Waals surface area contributed by atoms with Crippen molar-refractivity contribution in [2.45, 2.75) is 18.2 Å². The number of benzene rings is 2. The topological polar surface area (TPSA) is 26.3 Å². The van der Waals surface area contributed by atoms with Gasteiger partial charge in [-0.25, -0.2) is 4.79 Å². The summed E-state index contributed by atoms with van der Waals surface area (Å²) in [5.41, 5.74) is 0.703. The maximum atomic E-state index is 12.3. The highest BCUT2D eigenvalue weighted by Crippen LogP contribution is 2.38. The molecule has 2 aromatic carbocycles. The van der Waals surface area contributed by atoms with Crippen LogP contribution in [0.25, 0.3) is 10.8 Å². The number of carbonyl (C=O) groups excluding carboxylic acids is 1. The lowest BCUT2D eigenvalue weighted by Gasteiger charge is -2.24. The van der Waals surface area contributed by atoms with Gasteiger partial charge in [-0.2, -0.15) is 0 Å². The van der Waals surface area contributed by atoms with Gasteiger partial charge in [0.15, 0.2) is 4.87 Å². The van der Waals surface area contributed by atoms with Crippen LogP contribution in [0.15, 0.2) is 53.2 Å². The lowest BCUT2D eigenvalue weighted by molar-refractivity contribution is -0.141. The van der Waals surface area contributed by atoms with Crippen molar-refractivity contribution < 1.29 is 9.53 Å². The normalized spacial score (nSPS) is 13.5. The number of hydrogen-bond acceptors (Lipinski definition) is 2. The van der Waals surface area contributed by atoms with Crippen LogP contribution in [0, 0.1) is 0 Å². The molecule has 0 bridgehead atoms. The number of alkyl halides is 1. The van der Waals surface area contributed by atoms with Gasteiger partial charge in [-0.05, 0) is 22.8 Å². The molecule has 0 spiro atoms. The van der Waals surface area contributed by atoms with Crippen LogP contribution in [0.3, 0.4) is 0 Å². The van der Waals surface area contributed by atoms with Crippen LogP contribution in [0.4, 0.5) is 0 Å². The standard InChI is InChI=1S/C16H13Cl3O2/c1-2-16(19,15(20)21-10-14(17)18)13-9-5-7-11-6-3-4-8-12(11)13/h3-10H,2H2,1H3/t16-/m0/s1. The fraction of sp³-hybridized carbons (Fsp3) is 0.188. The summed E-state index contributed by atoms with van der Waals surface area (Å²) in [4.78, 5) is 11.0. The molecular weight excluding hydrogens is 331 g/mol. The third-order valence-corrected chi connectivity index (χ3v) is 4.09. The van der Waals surface area contributed by atoms with Crippen LogP contribution >= 0.6 is 34.8 Å². The lowest BCUT2D eigenvalue weighted by atomic mass is 9.91. The molecule has 0 aliphatic rings. The Hall–Kier alpha value is -1.22. The van der Waals surface area contributed by atoms with Crippen LogP contribution in [0.2, 0.25) is 0 Å². The zero-order valence-corrected chi connectivity index (χ0v) is 13.5. The molecule has 0 saturated heterocycles. The molecule has 0 fully saturated rings. The molecule has 0 aromatic heterocycles. The maximum Gasteiger partial charge on any atom is 0.336 e. The highest BCUT2D eigenvalue weighted by molar-refractivity contribution is 6.55. The third-order valence-electron chi connectivity index (χ3n) is 3.28. The van der Waals surface area contributed by atoms with Crippen LogP contribution in [0.5, 0.6) is 0 Å². The Morgan fingerprint density at radius 1 is 1.19 bits per heavy atom. The van der Waals surface area contributed by atoms with Crippen LogP contribution in [-0.4, -0.2) is 5.97 Å². The summed E-state index contributed by atoms with van der Waals surface area (Å²) in [5, 5.41) is 1.92. The zero-order chi connectivity index (χ0) is 15.5. The highest BCUT2D eigenvalue weighted by atomic mass is 35.5. The van der Waals surface area contributed by atoms with Gasteiger partial charge < -0.3 is 4.74 Å². The fourth-order valence-corrected chi connectivity index (χ4v) is 2.51. The Labute approximate surface area is 138 Å². The molecule has 110 valence electrons. The van der Waals surface area contributed by atoms with Gasteiger partial charge in [0.1, 0.15) is 10.8 Å². The number of rotatable bonds is 4. The van der Waals surface area contributed by atoms with E-state index in [1.54, 1.807) is 0 Å². The number of fused-ring (bicyclic) bond motifs is 1. The van der Waals surface area contributed by atoms with Gasteiger partial charge in [0, 0.05) is 0 Å². The van der Waals surface area contributed by atoms with Crippen LogP contribution in [-0.2, 0) is 14.4 Å². The molecular formula is C16H13Cl3O2. The van der Waals surface area contributed by atoms with E-state index in [1.807, 2.05) is 49.4 Å². The largest absolute Gasteiger partial charge is 0.430 e. The van der Waals surface area contributed by atoms with Crippen LogP contribution < -0.4 is 0 Å². The summed E-state index contributed by atoms with van der Waals surface area (Å²) in [6, 6.07) is 13.4. The molecule has 0 amide bonds. The van der Waals surface area contributed by atoms with Gasteiger partial charge >= 0.3 is 5.97 Å². The number of hydrogen-bond donors (Lipinski definition) is 0. The van der Waals surface area contributed by atoms with E-state index in [4.69, 9.17) is 39.5 Å². The Morgan fingerprint density at radius 2 is 1.86 bits per heavy atom. The molecule has 5 heteroatoms. The maximum absolute atomic E-state index is 12.3. The van der Waals surface area contributed by atoms with E-state index in [9.17, 15) is 4.79 Å². The van der Waals surface area contributed by atoms with Crippen molar-refractivity contribution in [1.82, 2.24) is 0 Å². The van der Waals surface area contributed by atoms with Gasteiger partial charge in [-0.15, -0.1) is 11.6 Å². The van der Waals surface area contributed by atoms with E-state index < -0.39 is 10.8 Å². The van der Waals surface area contributed by atoms with Gasteiger partial charge in [-0.1, -0.05) is 72.6 Å². The molecule has 2 rings (SSSR count). The monoisotopic (exact) mass is 342 g/mol. The predicted octanol–water partition coefficient (Wildman–Crippen LogP) is 5.50. The molecule has 0 unspecified atom stereocenters. The quantitative estimate of drug-likeness (QED) is 0.416. The minimum Gasteiger partial charge on any atom is -0.430 e. The molecule has 2 aromatic rings. The molecule has 0 saturated carbocycles. The smallest absolute Gasteiger partial charge is 0.336 e. The van der Waals surface area contributed by atoms with Gasteiger partial charge in [-0.3, -0.25) is 0 Å². The van der Waals surface area contributed by atoms with Crippen LogP contribution in [0.1, 0.15) is 18.9 Å². The second-order valence-electron chi connectivity index (χ2n) is 4.49. The van der Waals surface area contributed by atoms with Crippen molar-refractivity contribution in [2.75, 3.05) is 0 Å². The fourth-order valence-electron chi connectivity index (χ4n) is 2.21. The minimum absolute atomic E-state index is 0.142. The summed E-state index contributed by atoms with van der Waals surface area (Å²) in [5.74, 6) is -0.609. The molecule has 2 nitrogen and oxygen atoms in total. The lowest BCUT2D eigenvalue weighted by Crippen LogP contribution is -2.30. The van der Waals surface area contributed by atoms with Crippen molar-refractivity contribution in [3.63, 3.8) is 0 Å². The van der Waals surface area contributed by atoms with Gasteiger partial charge in [0.25, 0.3) is 0 Å². The SMILES string of the molecule is CC[C@@](Cl)(C(=O)OC=C(Cl)Cl)c1cccc2ccccc12.